The van der Waals surface area contributed by atoms with Crippen LogP contribution < -0.4 is 0 Å². The van der Waals surface area contributed by atoms with Gasteiger partial charge in [-0.15, -0.1) is 0 Å². The second-order valence-electron chi connectivity index (χ2n) is 5.10. The molecule has 1 aromatic heterocycles. The number of nitrogens with zero attached hydrogens (tertiary/aromatic N) is 2. The Balaban J connectivity index is 2.07. The van der Waals surface area contributed by atoms with E-state index in [1.807, 2.05) is 6.20 Å². The highest BCUT2D eigenvalue weighted by atomic mass is 15.1. The van der Waals surface area contributed by atoms with Crippen LogP contribution in [0.15, 0.2) is 12.4 Å². The van der Waals surface area contributed by atoms with E-state index in [1.54, 1.807) is 0 Å². The molecule has 0 amide bonds. The van der Waals surface area contributed by atoms with Gasteiger partial charge >= 0.3 is 0 Å². The summed E-state index contributed by atoms with van der Waals surface area (Å²) in [5, 5.41) is 0. The average molecular weight is 220 g/mol. The number of hydrogen-bond acceptors (Lipinski definition) is 1. The Hall–Kier alpha value is -0.790. The molecule has 16 heavy (non-hydrogen) atoms. The van der Waals surface area contributed by atoms with Crippen molar-refractivity contribution in [3.05, 3.63) is 18.2 Å². The number of hydrogen-bond donors (Lipinski definition) is 0. The van der Waals surface area contributed by atoms with E-state index >= 15 is 0 Å². The van der Waals surface area contributed by atoms with E-state index in [2.05, 4.69) is 29.6 Å². The molecule has 0 aliphatic heterocycles. The van der Waals surface area contributed by atoms with Gasteiger partial charge in [0.25, 0.3) is 0 Å². The maximum absolute atomic E-state index is 4.49. The third kappa shape index (κ3) is 2.47. The summed E-state index contributed by atoms with van der Waals surface area (Å²) >= 11 is 0. The van der Waals surface area contributed by atoms with Gasteiger partial charge in [0.05, 0.1) is 0 Å². The summed E-state index contributed by atoms with van der Waals surface area (Å²) in [6.07, 6.45) is 13.4. The van der Waals surface area contributed by atoms with Gasteiger partial charge in [-0.05, 0) is 25.2 Å². The van der Waals surface area contributed by atoms with Crippen molar-refractivity contribution in [3.63, 3.8) is 0 Å². The normalized spacial score (nSPS) is 25.9. The van der Waals surface area contributed by atoms with E-state index in [9.17, 15) is 0 Å². The van der Waals surface area contributed by atoms with Gasteiger partial charge in [0.15, 0.2) is 0 Å². The fourth-order valence-corrected chi connectivity index (χ4v) is 2.98. The lowest BCUT2D eigenvalue weighted by Crippen LogP contribution is -2.20. The van der Waals surface area contributed by atoms with Crippen molar-refractivity contribution < 1.29 is 0 Å². The molecule has 90 valence electrons. The molecule has 2 heteroatoms. The van der Waals surface area contributed by atoms with E-state index in [-0.39, 0.29) is 0 Å². The third-order valence-corrected chi connectivity index (χ3v) is 3.95. The molecule has 0 spiro atoms. The number of aryl methyl sites for hydroxylation is 1. The molecule has 0 radical (unpaired) electrons. The zero-order chi connectivity index (χ0) is 11.4. The maximum atomic E-state index is 4.49. The van der Waals surface area contributed by atoms with Gasteiger partial charge in [0.1, 0.15) is 5.82 Å². The minimum Gasteiger partial charge on any atom is -0.332 e. The van der Waals surface area contributed by atoms with E-state index in [0.717, 1.165) is 18.4 Å². The van der Waals surface area contributed by atoms with Crippen molar-refractivity contribution in [2.45, 2.75) is 64.8 Å². The van der Waals surface area contributed by atoms with Crippen molar-refractivity contribution in [1.29, 1.82) is 0 Å². The van der Waals surface area contributed by atoms with Crippen molar-refractivity contribution in [3.8, 4) is 0 Å². The van der Waals surface area contributed by atoms with Crippen LogP contribution in [-0.2, 0) is 6.42 Å². The van der Waals surface area contributed by atoms with Crippen LogP contribution in [-0.4, -0.2) is 9.55 Å². The smallest absolute Gasteiger partial charge is 0.108 e. The number of aromatic nitrogens is 2. The molecular weight excluding hydrogens is 196 g/mol. The largest absolute Gasteiger partial charge is 0.332 e. The summed E-state index contributed by atoms with van der Waals surface area (Å²) in [5.74, 6) is 2.24. The molecule has 1 aliphatic carbocycles. The van der Waals surface area contributed by atoms with Crippen molar-refractivity contribution in [2.24, 2.45) is 5.92 Å². The predicted molar refractivity (Wildman–Crippen MR) is 67.5 cm³/mol. The topological polar surface area (TPSA) is 17.8 Å². The van der Waals surface area contributed by atoms with E-state index in [0.29, 0.717) is 0 Å². The fourth-order valence-electron chi connectivity index (χ4n) is 2.98. The average Bonchev–Trinajstić information content (AvgIpc) is 2.78. The van der Waals surface area contributed by atoms with Gasteiger partial charge < -0.3 is 4.57 Å². The Morgan fingerprint density at radius 2 is 2.25 bits per heavy atom. The molecular formula is C14H24N2. The van der Waals surface area contributed by atoms with Gasteiger partial charge in [0, 0.05) is 24.9 Å². The first-order chi connectivity index (χ1) is 7.85. The van der Waals surface area contributed by atoms with Gasteiger partial charge in [-0.1, -0.05) is 33.1 Å². The summed E-state index contributed by atoms with van der Waals surface area (Å²) in [4.78, 5) is 4.49. The van der Waals surface area contributed by atoms with Crippen LogP contribution in [0.25, 0.3) is 0 Å². The SMILES string of the molecule is CCCc1nccn1C1CCCC(CC)C1. The minimum atomic E-state index is 0.725. The third-order valence-electron chi connectivity index (χ3n) is 3.95. The van der Waals surface area contributed by atoms with Gasteiger partial charge in [0.2, 0.25) is 0 Å². The molecule has 2 unspecified atom stereocenters. The van der Waals surface area contributed by atoms with Gasteiger partial charge in [-0.25, -0.2) is 4.98 Å². The molecule has 2 nitrogen and oxygen atoms in total. The van der Waals surface area contributed by atoms with Crippen molar-refractivity contribution >= 4 is 0 Å². The zero-order valence-corrected chi connectivity index (χ0v) is 10.7. The molecule has 1 heterocycles. The van der Waals surface area contributed by atoms with Crippen LogP contribution in [0.1, 0.15) is 64.2 Å². The summed E-state index contributed by atoms with van der Waals surface area (Å²) in [6, 6.07) is 0.725. The molecule has 0 saturated heterocycles. The molecule has 0 bridgehead atoms. The molecule has 2 atom stereocenters. The lowest BCUT2D eigenvalue weighted by atomic mass is 9.84. The first kappa shape index (κ1) is 11.7. The maximum Gasteiger partial charge on any atom is 0.108 e. The molecule has 1 saturated carbocycles. The van der Waals surface area contributed by atoms with Crippen LogP contribution in [0, 0.1) is 5.92 Å². The molecule has 0 aromatic carbocycles. The second-order valence-corrected chi connectivity index (χ2v) is 5.10. The first-order valence-corrected chi connectivity index (χ1v) is 6.86. The predicted octanol–water partition coefficient (Wildman–Crippen LogP) is 3.98. The Bertz CT molecular complexity index is 316. The molecule has 2 rings (SSSR count). The van der Waals surface area contributed by atoms with Crippen LogP contribution >= 0.6 is 0 Å². The summed E-state index contributed by atoms with van der Waals surface area (Å²) < 4.78 is 2.45. The standard InChI is InChI=1S/C14H24N2/c1-3-6-14-15-9-10-16(14)13-8-5-7-12(4-2)11-13/h9-10,12-13H,3-8,11H2,1-2H3. The monoisotopic (exact) mass is 220 g/mol. The first-order valence-electron chi connectivity index (χ1n) is 6.86. The zero-order valence-electron chi connectivity index (χ0n) is 10.7. The Morgan fingerprint density at radius 1 is 1.38 bits per heavy atom. The lowest BCUT2D eigenvalue weighted by Gasteiger charge is -2.30. The molecule has 0 N–H and O–H groups in total. The lowest BCUT2D eigenvalue weighted by molar-refractivity contribution is 0.257. The van der Waals surface area contributed by atoms with Gasteiger partial charge in [-0.3, -0.25) is 0 Å². The Kier molecular flexibility index (Phi) is 4.03. The van der Waals surface area contributed by atoms with E-state index < -0.39 is 0 Å². The summed E-state index contributed by atoms with van der Waals surface area (Å²) in [5.41, 5.74) is 0. The van der Waals surface area contributed by atoms with E-state index in [1.165, 1.54) is 44.3 Å². The van der Waals surface area contributed by atoms with Crippen molar-refractivity contribution in [2.75, 3.05) is 0 Å². The minimum absolute atomic E-state index is 0.725. The Labute approximate surface area is 99.1 Å². The summed E-state index contributed by atoms with van der Waals surface area (Å²) in [6.45, 7) is 4.56. The fraction of sp³-hybridized carbons (Fsp3) is 0.786. The van der Waals surface area contributed by atoms with Crippen LogP contribution in [0.4, 0.5) is 0 Å². The quantitative estimate of drug-likeness (QED) is 0.750. The highest BCUT2D eigenvalue weighted by Crippen LogP contribution is 2.34. The van der Waals surface area contributed by atoms with Gasteiger partial charge in [-0.2, -0.15) is 0 Å². The molecule has 1 fully saturated rings. The number of imidazole rings is 1. The van der Waals surface area contributed by atoms with Crippen LogP contribution in [0.3, 0.4) is 0 Å². The highest BCUT2D eigenvalue weighted by Gasteiger charge is 2.23. The van der Waals surface area contributed by atoms with Crippen LogP contribution in [0.2, 0.25) is 0 Å². The summed E-state index contributed by atoms with van der Waals surface area (Å²) in [7, 11) is 0. The van der Waals surface area contributed by atoms with Crippen LogP contribution in [0.5, 0.6) is 0 Å². The van der Waals surface area contributed by atoms with E-state index in [4.69, 9.17) is 0 Å². The Morgan fingerprint density at radius 3 is 3.00 bits per heavy atom. The highest BCUT2D eigenvalue weighted by molar-refractivity contribution is 4.96. The molecule has 1 aromatic rings. The van der Waals surface area contributed by atoms with Crippen molar-refractivity contribution in [1.82, 2.24) is 9.55 Å². The number of rotatable bonds is 4. The second kappa shape index (κ2) is 5.51. The molecule has 1 aliphatic rings.